The van der Waals surface area contributed by atoms with Crippen LogP contribution in [-0.4, -0.2) is 18.2 Å². The molecule has 0 aliphatic heterocycles. The molecule has 0 amide bonds. The van der Waals surface area contributed by atoms with E-state index in [1.54, 1.807) is 19.1 Å². The Morgan fingerprint density at radius 2 is 2.11 bits per heavy atom. The fourth-order valence-electron chi connectivity index (χ4n) is 1.78. The van der Waals surface area contributed by atoms with E-state index in [2.05, 4.69) is 19.2 Å². The van der Waals surface area contributed by atoms with Crippen molar-refractivity contribution in [3.8, 4) is 0 Å². The molecular weight excluding hydrogens is 253 g/mol. The van der Waals surface area contributed by atoms with Gasteiger partial charge in [-0.3, -0.25) is 0 Å². The lowest BCUT2D eigenvalue weighted by Gasteiger charge is -2.25. The van der Waals surface area contributed by atoms with E-state index in [4.69, 9.17) is 11.6 Å². The zero-order valence-electron chi connectivity index (χ0n) is 11.1. The summed E-state index contributed by atoms with van der Waals surface area (Å²) in [4.78, 5) is 0. The second-order valence-corrected chi connectivity index (χ2v) is 5.68. The number of halogens is 2. The van der Waals surface area contributed by atoms with E-state index >= 15 is 0 Å². The lowest BCUT2D eigenvalue weighted by molar-refractivity contribution is 0.0442. The molecule has 18 heavy (non-hydrogen) atoms. The van der Waals surface area contributed by atoms with Gasteiger partial charge in [0.25, 0.3) is 0 Å². The van der Waals surface area contributed by atoms with Crippen LogP contribution in [-0.2, 0) is 5.60 Å². The van der Waals surface area contributed by atoms with Crippen molar-refractivity contribution in [1.82, 2.24) is 5.32 Å². The minimum Gasteiger partial charge on any atom is -0.385 e. The summed E-state index contributed by atoms with van der Waals surface area (Å²) in [5.74, 6) is 0.0959. The molecule has 0 aromatic heterocycles. The number of hydrogen-bond donors (Lipinski definition) is 2. The Balaban J connectivity index is 2.62. The van der Waals surface area contributed by atoms with E-state index < -0.39 is 11.4 Å². The summed E-state index contributed by atoms with van der Waals surface area (Å²) in [6.45, 7) is 7.39. The van der Waals surface area contributed by atoms with Crippen LogP contribution < -0.4 is 5.32 Å². The summed E-state index contributed by atoms with van der Waals surface area (Å²) < 4.78 is 13.7. The van der Waals surface area contributed by atoms with Crippen LogP contribution in [0.2, 0.25) is 5.02 Å². The molecule has 0 spiro atoms. The maximum Gasteiger partial charge on any atom is 0.130 e. The molecule has 1 atom stereocenters. The summed E-state index contributed by atoms with van der Waals surface area (Å²) in [6, 6.07) is 4.36. The molecule has 0 heterocycles. The molecule has 0 aliphatic carbocycles. The fourth-order valence-corrected chi connectivity index (χ4v) is 1.94. The largest absolute Gasteiger partial charge is 0.385 e. The van der Waals surface area contributed by atoms with Gasteiger partial charge < -0.3 is 10.4 Å². The van der Waals surface area contributed by atoms with Gasteiger partial charge in [-0.05, 0) is 44.5 Å². The van der Waals surface area contributed by atoms with Crippen molar-refractivity contribution in [3.63, 3.8) is 0 Å². The monoisotopic (exact) mass is 273 g/mol. The molecule has 0 bridgehead atoms. The van der Waals surface area contributed by atoms with E-state index in [0.29, 0.717) is 29.5 Å². The SMILES string of the molecule is CC(C)CNCCC(C)(O)c1ccc(Cl)cc1F. The lowest BCUT2D eigenvalue weighted by Crippen LogP contribution is -2.30. The van der Waals surface area contributed by atoms with Crippen LogP contribution in [0.3, 0.4) is 0 Å². The molecule has 4 heteroatoms. The molecule has 1 aromatic rings. The highest BCUT2D eigenvalue weighted by Crippen LogP contribution is 2.28. The van der Waals surface area contributed by atoms with Crippen LogP contribution in [0.5, 0.6) is 0 Å². The first-order chi connectivity index (χ1) is 8.33. The van der Waals surface area contributed by atoms with E-state index in [0.717, 1.165) is 6.54 Å². The Morgan fingerprint density at radius 1 is 1.44 bits per heavy atom. The van der Waals surface area contributed by atoms with Crippen LogP contribution in [0.15, 0.2) is 18.2 Å². The molecule has 1 rings (SSSR count). The summed E-state index contributed by atoms with van der Waals surface area (Å²) in [7, 11) is 0. The van der Waals surface area contributed by atoms with Crippen molar-refractivity contribution in [2.75, 3.05) is 13.1 Å². The number of nitrogens with one attached hydrogen (secondary N) is 1. The van der Waals surface area contributed by atoms with Crippen molar-refractivity contribution in [3.05, 3.63) is 34.6 Å². The lowest BCUT2D eigenvalue weighted by atomic mass is 9.92. The number of benzene rings is 1. The molecule has 1 unspecified atom stereocenters. The second kappa shape index (κ2) is 6.50. The summed E-state index contributed by atoms with van der Waals surface area (Å²) in [5.41, 5.74) is -0.892. The summed E-state index contributed by atoms with van der Waals surface area (Å²) in [6.07, 6.45) is 0.457. The number of aliphatic hydroxyl groups is 1. The quantitative estimate of drug-likeness (QED) is 0.780. The van der Waals surface area contributed by atoms with Crippen LogP contribution in [0, 0.1) is 11.7 Å². The zero-order chi connectivity index (χ0) is 13.8. The van der Waals surface area contributed by atoms with Crippen LogP contribution >= 0.6 is 11.6 Å². The van der Waals surface area contributed by atoms with Crippen molar-refractivity contribution >= 4 is 11.6 Å². The highest BCUT2D eigenvalue weighted by atomic mass is 35.5. The van der Waals surface area contributed by atoms with Crippen LogP contribution in [0.1, 0.15) is 32.8 Å². The van der Waals surface area contributed by atoms with E-state index in [-0.39, 0.29) is 0 Å². The maximum absolute atomic E-state index is 13.7. The predicted octanol–water partition coefficient (Wildman–Crippen LogP) is 3.32. The second-order valence-electron chi connectivity index (χ2n) is 5.25. The fraction of sp³-hybridized carbons (Fsp3) is 0.571. The van der Waals surface area contributed by atoms with Gasteiger partial charge in [-0.15, -0.1) is 0 Å². The average molecular weight is 274 g/mol. The van der Waals surface area contributed by atoms with E-state index in [1.165, 1.54) is 6.07 Å². The first kappa shape index (κ1) is 15.4. The third kappa shape index (κ3) is 4.56. The van der Waals surface area contributed by atoms with E-state index in [9.17, 15) is 9.50 Å². The van der Waals surface area contributed by atoms with Gasteiger partial charge in [0.2, 0.25) is 0 Å². The molecule has 0 saturated heterocycles. The third-order valence-corrected chi connectivity index (χ3v) is 3.09. The number of rotatable bonds is 6. The average Bonchev–Trinajstić information content (AvgIpc) is 2.23. The number of hydrogen-bond acceptors (Lipinski definition) is 2. The smallest absolute Gasteiger partial charge is 0.130 e. The first-order valence-electron chi connectivity index (χ1n) is 6.21. The molecule has 0 aliphatic rings. The van der Waals surface area contributed by atoms with Gasteiger partial charge in [-0.25, -0.2) is 4.39 Å². The molecule has 1 aromatic carbocycles. The molecule has 0 saturated carbocycles. The molecule has 0 radical (unpaired) electrons. The summed E-state index contributed by atoms with van der Waals surface area (Å²) >= 11 is 5.69. The normalized spacial score (nSPS) is 14.8. The van der Waals surface area contributed by atoms with Gasteiger partial charge in [0, 0.05) is 10.6 Å². The Kier molecular flexibility index (Phi) is 5.57. The van der Waals surface area contributed by atoms with Gasteiger partial charge in [0.1, 0.15) is 5.82 Å². The predicted molar refractivity (Wildman–Crippen MR) is 73.3 cm³/mol. The van der Waals surface area contributed by atoms with Gasteiger partial charge in [-0.2, -0.15) is 0 Å². The Hall–Kier alpha value is -0.640. The van der Waals surface area contributed by atoms with Gasteiger partial charge in [-0.1, -0.05) is 31.5 Å². The zero-order valence-corrected chi connectivity index (χ0v) is 11.9. The topological polar surface area (TPSA) is 32.3 Å². The summed E-state index contributed by atoms with van der Waals surface area (Å²) in [5, 5.41) is 13.9. The molecule has 0 fully saturated rings. The van der Waals surface area contributed by atoms with Gasteiger partial charge in [0.15, 0.2) is 0 Å². The first-order valence-corrected chi connectivity index (χ1v) is 6.59. The molecule has 102 valence electrons. The van der Waals surface area contributed by atoms with Crippen molar-refractivity contribution < 1.29 is 9.50 Å². The minimum absolute atomic E-state index is 0.290. The van der Waals surface area contributed by atoms with Crippen LogP contribution in [0.25, 0.3) is 0 Å². The van der Waals surface area contributed by atoms with E-state index in [1.807, 2.05) is 0 Å². The van der Waals surface area contributed by atoms with Crippen molar-refractivity contribution in [2.24, 2.45) is 5.92 Å². The molecular formula is C14H21ClFNO. The Labute approximate surface area is 113 Å². The van der Waals surface area contributed by atoms with Crippen molar-refractivity contribution in [1.29, 1.82) is 0 Å². The maximum atomic E-state index is 13.7. The minimum atomic E-state index is -1.18. The van der Waals surface area contributed by atoms with Gasteiger partial charge >= 0.3 is 0 Å². The van der Waals surface area contributed by atoms with Crippen molar-refractivity contribution in [2.45, 2.75) is 32.8 Å². The Bertz CT molecular complexity index is 393. The van der Waals surface area contributed by atoms with Gasteiger partial charge in [0.05, 0.1) is 5.60 Å². The molecule has 2 nitrogen and oxygen atoms in total. The molecule has 2 N–H and O–H groups in total. The highest BCUT2D eigenvalue weighted by Gasteiger charge is 2.26. The third-order valence-electron chi connectivity index (χ3n) is 2.85. The Morgan fingerprint density at radius 3 is 2.67 bits per heavy atom. The highest BCUT2D eigenvalue weighted by molar-refractivity contribution is 6.30. The standard InChI is InChI=1S/C14H21ClFNO/c1-10(2)9-17-7-6-14(3,18)12-5-4-11(15)8-13(12)16/h4-5,8,10,17-18H,6-7,9H2,1-3H3. The van der Waals surface area contributed by atoms with Crippen LogP contribution in [0.4, 0.5) is 4.39 Å².